The van der Waals surface area contributed by atoms with Crippen molar-refractivity contribution in [3.8, 4) is 33.4 Å². The van der Waals surface area contributed by atoms with Crippen LogP contribution in [0.5, 0.6) is 0 Å². The minimum Gasteiger partial charge on any atom is -0.309 e. The van der Waals surface area contributed by atoms with Gasteiger partial charge in [0.05, 0.1) is 11.4 Å². The monoisotopic (exact) mass is 705 g/mol. The van der Waals surface area contributed by atoms with Gasteiger partial charge >= 0.3 is 0 Å². The molecule has 9 aromatic carbocycles. The standard InChI is InChI=1S/C54H43N/c1-2-16-40(17-3-1)47-29-14-22-42-23-15-31-51(54(42)47)50-27-9-11-33-53(50)55(43-36-34-41(35-37-43)45-28-12-20-38-18-4-6-24-44(38)45)52-32-10-8-26-49(52)48-30-13-21-39-19-5-7-25-46(39)48/h4-15,18-37,40H,1-3,16-17H2. The van der Waals surface area contributed by atoms with Crippen LogP contribution in [0, 0.1) is 0 Å². The van der Waals surface area contributed by atoms with Crippen molar-refractivity contribution < 1.29 is 0 Å². The van der Waals surface area contributed by atoms with Gasteiger partial charge in [0.15, 0.2) is 0 Å². The SMILES string of the molecule is c1ccc(N(c2ccc(-c3cccc4ccccc34)cc2)c2ccccc2-c2cccc3cccc(C4CCCCC4)c23)c(-c2cccc3ccccc23)c1. The van der Waals surface area contributed by atoms with E-state index in [0.29, 0.717) is 5.92 Å². The molecule has 0 heterocycles. The van der Waals surface area contributed by atoms with E-state index in [9.17, 15) is 0 Å². The van der Waals surface area contributed by atoms with Crippen molar-refractivity contribution in [1.29, 1.82) is 0 Å². The maximum absolute atomic E-state index is 2.50. The van der Waals surface area contributed by atoms with E-state index in [1.54, 1.807) is 0 Å². The maximum atomic E-state index is 2.50. The highest BCUT2D eigenvalue weighted by Gasteiger charge is 2.24. The highest BCUT2D eigenvalue weighted by molar-refractivity contribution is 6.06. The van der Waals surface area contributed by atoms with E-state index in [1.807, 2.05) is 0 Å². The first kappa shape index (κ1) is 33.2. The molecular formula is C54H43N. The zero-order valence-electron chi connectivity index (χ0n) is 31.0. The van der Waals surface area contributed by atoms with Gasteiger partial charge in [-0.2, -0.15) is 0 Å². The molecule has 1 heteroatoms. The summed E-state index contributed by atoms with van der Waals surface area (Å²) in [6, 6.07) is 71.8. The van der Waals surface area contributed by atoms with Gasteiger partial charge in [0.1, 0.15) is 0 Å². The lowest BCUT2D eigenvalue weighted by atomic mass is 9.80. The zero-order valence-corrected chi connectivity index (χ0v) is 31.0. The second-order valence-corrected chi connectivity index (χ2v) is 15.1. The predicted octanol–water partition coefficient (Wildman–Crippen LogP) is 15.7. The van der Waals surface area contributed by atoms with Gasteiger partial charge in [-0.25, -0.2) is 0 Å². The number of nitrogens with zero attached hydrogens (tertiary/aromatic N) is 1. The van der Waals surface area contributed by atoms with Crippen LogP contribution in [0.1, 0.15) is 43.6 Å². The zero-order chi connectivity index (χ0) is 36.6. The van der Waals surface area contributed by atoms with E-state index in [1.165, 1.54) is 109 Å². The van der Waals surface area contributed by atoms with E-state index >= 15 is 0 Å². The Morgan fingerprint density at radius 2 is 0.818 bits per heavy atom. The molecular weight excluding hydrogens is 663 g/mol. The topological polar surface area (TPSA) is 3.24 Å². The van der Waals surface area contributed by atoms with E-state index in [4.69, 9.17) is 0 Å². The number of hydrogen-bond acceptors (Lipinski definition) is 1. The fourth-order valence-electron chi connectivity index (χ4n) is 9.28. The number of rotatable bonds is 7. The minimum atomic E-state index is 0.593. The Balaban J connectivity index is 1.20. The van der Waals surface area contributed by atoms with Crippen molar-refractivity contribution in [2.75, 3.05) is 4.90 Å². The van der Waals surface area contributed by atoms with Gasteiger partial charge in [0, 0.05) is 16.8 Å². The van der Waals surface area contributed by atoms with Crippen molar-refractivity contribution in [2.24, 2.45) is 0 Å². The third-order valence-corrected chi connectivity index (χ3v) is 11.9. The minimum absolute atomic E-state index is 0.593. The van der Waals surface area contributed by atoms with E-state index in [2.05, 4.69) is 199 Å². The van der Waals surface area contributed by atoms with Crippen molar-refractivity contribution in [3.05, 3.63) is 200 Å². The molecule has 0 radical (unpaired) electrons. The molecule has 1 fully saturated rings. The van der Waals surface area contributed by atoms with Crippen LogP contribution in [0.25, 0.3) is 65.7 Å². The molecule has 0 bridgehead atoms. The molecule has 55 heavy (non-hydrogen) atoms. The fourth-order valence-corrected chi connectivity index (χ4v) is 9.28. The molecule has 1 aliphatic carbocycles. The molecule has 0 aromatic heterocycles. The Labute approximate surface area is 324 Å². The van der Waals surface area contributed by atoms with Crippen molar-refractivity contribution in [1.82, 2.24) is 0 Å². The van der Waals surface area contributed by atoms with Gasteiger partial charge in [-0.05, 0) is 103 Å². The Hall–Kier alpha value is -6.44. The lowest BCUT2D eigenvalue weighted by Crippen LogP contribution is -2.12. The predicted molar refractivity (Wildman–Crippen MR) is 236 cm³/mol. The van der Waals surface area contributed by atoms with Gasteiger partial charge in [-0.3, -0.25) is 0 Å². The van der Waals surface area contributed by atoms with Crippen LogP contribution in [-0.2, 0) is 0 Å². The van der Waals surface area contributed by atoms with Crippen LogP contribution in [-0.4, -0.2) is 0 Å². The van der Waals surface area contributed by atoms with Crippen molar-refractivity contribution in [3.63, 3.8) is 0 Å². The quantitative estimate of drug-likeness (QED) is 0.160. The van der Waals surface area contributed by atoms with Crippen LogP contribution in [0.4, 0.5) is 17.1 Å². The summed E-state index contributed by atoms with van der Waals surface area (Å²) in [5, 5.41) is 7.74. The molecule has 1 nitrogen and oxygen atoms in total. The highest BCUT2D eigenvalue weighted by Crippen LogP contribution is 2.48. The van der Waals surface area contributed by atoms with Crippen molar-refractivity contribution in [2.45, 2.75) is 38.0 Å². The molecule has 0 spiro atoms. The number of fused-ring (bicyclic) bond motifs is 3. The second kappa shape index (κ2) is 14.4. The van der Waals surface area contributed by atoms with E-state index < -0.39 is 0 Å². The molecule has 1 saturated carbocycles. The van der Waals surface area contributed by atoms with Crippen LogP contribution < -0.4 is 4.90 Å². The first-order valence-electron chi connectivity index (χ1n) is 19.9. The smallest absolute Gasteiger partial charge is 0.0540 e. The third kappa shape index (κ3) is 6.07. The summed E-state index contributed by atoms with van der Waals surface area (Å²) in [6.07, 6.45) is 6.51. The molecule has 0 aliphatic heterocycles. The molecule has 0 atom stereocenters. The van der Waals surface area contributed by atoms with Gasteiger partial charge < -0.3 is 4.90 Å². The Morgan fingerprint density at radius 1 is 0.345 bits per heavy atom. The van der Waals surface area contributed by atoms with Gasteiger partial charge in [0.25, 0.3) is 0 Å². The van der Waals surface area contributed by atoms with Crippen LogP contribution in [0.2, 0.25) is 0 Å². The van der Waals surface area contributed by atoms with Gasteiger partial charge in [0.2, 0.25) is 0 Å². The number of benzene rings is 9. The summed E-state index contributed by atoms with van der Waals surface area (Å²) >= 11 is 0. The van der Waals surface area contributed by atoms with E-state index in [-0.39, 0.29) is 0 Å². The highest BCUT2D eigenvalue weighted by atomic mass is 15.1. The molecule has 264 valence electrons. The molecule has 1 aliphatic rings. The number of anilines is 3. The Bertz CT molecular complexity index is 2790. The third-order valence-electron chi connectivity index (χ3n) is 11.9. The van der Waals surface area contributed by atoms with Crippen LogP contribution in [0.15, 0.2) is 194 Å². The first-order chi connectivity index (χ1) is 27.3. The second-order valence-electron chi connectivity index (χ2n) is 15.1. The first-order valence-corrected chi connectivity index (χ1v) is 19.9. The summed E-state index contributed by atoms with van der Waals surface area (Å²) in [5.74, 6) is 0.593. The molecule has 0 unspecified atom stereocenters. The van der Waals surface area contributed by atoms with Gasteiger partial charge in [-0.15, -0.1) is 0 Å². The fraction of sp³-hybridized carbons (Fsp3) is 0.111. The summed E-state index contributed by atoms with van der Waals surface area (Å²) in [6.45, 7) is 0. The number of hydrogen-bond donors (Lipinski definition) is 0. The Kier molecular flexibility index (Phi) is 8.69. The molecule has 10 rings (SSSR count). The molecule has 0 amide bonds. The normalized spacial score (nSPS) is 13.4. The average molecular weight is 706 g/mol. The number of para-hydroxylation sites is 2. The molecule has 0 N–H and O–H groups in total. The summed E-state index contributed by atoms with van der Waals surface area (Å²) in [5.41, 5.74) is 12.4. The summed E-state index contributed by atoms with van der Waals surface area (Å²) < 4.78 is 0. The van der Waals surface area contributed by atoms with Crippen LogP contribution >= 0.6 is 0 Å². The lowest BCUT2D eigenvalue weighted by molar-refractivity contribution is 0.445. The molecule has 9 aromatic rings. The van der Waals surface area contributed by atoms with E-state index in [0.717, 1.165) is 11.4 Å². The largest absolute Gasteiger partial charge is 0.309 e. The average Bonchev–Trinajstić information content (AvgIpc) is 3.27. The Morgan fingerprint density at radius 3 is 1.49 bits per heavy atom. The molecule has 0 saturated heterocycles. The van der Waals surface area contributed by atoms with Gasteiger partial charge in [-0.1, -0.05) is 189 Å². The summed E-state index contributed by atoms with van der Waals surface area (Å²) in [7, 11) is 0. The van der Waals surface area contributed by atoms with Crippen LogP contribution in [0.3, 0.4) is 0 Å². The maximum Gasteiger partial charge on any atom is 0.0540 e. The van der Waals surface area contributed by atoms with Crippen molar-refractivity contribution >= 4 is 49.4 Å². The lowest BCUT2D eigenvalue weighted by Gasteiger charge is -2.31. The summed E-state index contributed by atoms with van der Waals surface area (Å²) in [4.78, 5) is 2.50.